The number of nitrogens with zero attached hydrogens (tertiary/aromatic N) is 6. The fraction of sp³-hybridized carbons (Fsp3) is 0.125. The lowest BCUT2D eigenvalue weighted by molar-refractivity contribution is 0.851. The molecule has 7 nitrogen and oxygen atoms in total. The normalized spacial score (nSPS) is 11.2. The zero-order chi connectivity index (χ0) is 16.0. The van der Waals surface area contributed by atoms with E-state index in [4.69, 9.17) is 5.73 Å². The third-order valence-electron chi connectivity index (χ3n) is 3.93. The molecule has 0 aliphatic heterocycles. The Bertz CT molecular complexity index is 998. The molecule has 0 aromatic carbocycles. The van der Waals surface area contributed by atoms with Crippen molar-refractivity contribution in [3.05, 3.63) is 48.7 Å². The molecule has 0 aliphatic rings. The zero-order valence-electron chi connectivity index (χ0n) is 12.8. The van der Waals surface area contributed by atoms with Crippen molar-refractivity contribution in [1.82, 2.24) is 29.1 Å². The number of nitrogens with two attached hydrogens (primary N) is 1. The largest absolute Gasteiger partial charge is 0.366 e. The van der Waals surface area contributed by atoms with E-state index in [0.29, 0.717) is 5.65 Å². The van der Waals surface area contributed by atoms with Gasteiger partial charge in [-0.3, -0.25) is 4.98 Å². The predicted octanol–water partition coefficient (Wildman–Crippen LogP) is 2.08. The predicted molar refractivity (Wildman–Crippen MR) is 87.6 cm³/mol. The Kier molecular flexibility index (Phi) is 2.87. The highest BCUT2D eigenvalue weighted by atomic mass is 15.3. The molecule has 7 heteroatoms. The maximum atomic E-state index is 5.79. The molecule has 0 unspecified atom stereocenters. The van der Waals surface area contributed by atoms with Crippen molar-refractivity contribution in [2.24, 2.45) is 7.05 Å². The minimum absolute atomic E-state index is 0.244. The number of aryl methyl sites for hydroxylation is 1. The van der Waals surface area contributed by atoms with Crippen molar-refractivity contribution >= 4 is 11.6 Å². The number of anilines is 1. The number of aromatic nitrogens is 6. The standard InChI is InChI=1S/C16H15N7/c1-10-19-9-14(22(10)2)13-6-12(11-4-3-5-18-8-11)7-15-20-16(17)21-23(13)15/h3-9H,1-2H3,(H2,17,21). The van der Waals surface area contributed by atoms with Crippen LogP contribution in [-0.4, -0.2) is 29.1 Å². The van der Waals surface area contributed by atoms with Gasteiger partial charge in [0.15, 0.2) is 5.65 Å². The van der Waals surface area contributed by atoms with E-state index in [1.807, 2.05) is 49.1 Å². The lowest BCUT2D eigenvalue weighted by Gasteiger charge is -2.09. The summed E-state index contributed by atoms with van der Waals surface area (Å²) in [7, 11) is 1.97. The highest BCUT2D eigenvalue weighted by Crippen LogP contribution is 2.28. The van der Waals surface area contributed by atoms with Gasteiger partial charge in [-0.1, -0.05) is 6.07 Å². The van der Waals surface area contributed by atoms with Crippen LogP contribution in [0.4, 0.5) is 5.95 Å². The molecule has 0 atom stereocenters. The molecule has 0 saturated carbocycles. The number of nitrogen functional groups attached to an aromatic ring is 1. The van der Waals surface area contributed by atoms with E-state index in [1.165, 1.54) is 0 Å². The van der Waals surface area contributed by atoms with Crippen molar-refractivity contribution in [3.63, 3.8) is 0 Å². The molecule has 23 heavy (non-hydrogen) atoms. The topological polar surface area (TPSA) is 86.9 Å². The van der Waals surface area contributed by atoms with Gasteiger partial charge in [0.05, 0.1) is 17.6 Å². The maximum Gasteiger partial charge on any atom is 0.240 e. The molecule has 4 aromatic heterocycles. The molecule has 0 spiro atoms. The van der Waals surface area contributed by atoms with Gasteiger partial charge in [0.2, 0.25) is 5.95 Å². The van der Waals surface area contributed by atoms with E-state index in [0.717, 1.165) is 28.3 Å². The number of pyridine rings is 2. The van der Waals surface area contributed by atoms with Crippen LogP contribution >= 0.6 is 0 Å². The van der Waals surface area contributed by atoms with Crippen LogP contribution < -0.4 is 5.73 Å². The summed E-state index contributed by atoms with van der Waals surface area (Å²) in [4.78, 5) is 12.9. The van der Waals surface area contributed by atoms with Gasteiger partial charge in [-0.2, -0.15) is 4.98 Å². The van der Waals surface area contributed by atoms with Crippen LogP contribution in [0.3, 0.4) is 0 Å². The first-order valence-corrected chi connectivity index (χ1v) is 7.19. The fourth-order valence-electron chi connectivity index (χ4n) is 2.62. The lowest BCUT2D eigenvalue weighted by atomic mass is 10.1. The molecule has 0 bridgehead atoms. The van der Waals surface area contributed by atoms with Gasteiger partial charge >= 0.3 is 0 Å². The minimum atomic E-state index is 0.244. The molecule has 0 fully saturated rings. The summed E-state index contributed by atoms with van der Waals surface area (Å²) >= 11 is 0. The van der Waals surface area contributed by atoms with E-state index in [2.05, 4.69) is 26.1 Å². The Balaban J connectivity index is 2.03. The van der Waals surface area contributed by atoms with Gasteiger partial charge in [0, 0.05) is 25.0 Å². The Morgan fingerprint density at radius 3 is 2.65 bits per heavy atom. The molecule has 4 aromatic rings. The van der Waals surface area contributed by atoms with E-state index in [1.54, 1.807) is 10.7 Å². The zero-order valence-corrected chi connectivity index (χ0v) is 12.8. The van der Waals surface area contributed by atoms with Crippen LogP contribution in [0.15, 0.2) is 42.9 Å². The van der Waals surface area contributed by atoms with E-state index in [9.17, 15) is 0 Å². The summed E-state index contributed by atoms with van der Waals surface area (Å²) in [6, 6.07) is 7.92. The summed E-state index contributed by atoms with van der Waals surface area (Å²) in [5.74, 6) is 1.17. The van der Waals surface area contributed by atoms with E-state index < -0.39 is 0 Å². The van der Waals surface area contributed by atoms with Gasteiger partial charge in [-0.25, -0.2) is 9.50 Å². The number of hydrogen-bond acceptors (Lipinski definition) is 5. The SMILES string of the molecule is Cc1ncc(-c2cc(-c3cccnc3)cc3nc(N)nn23)n1C. The van der Waals surface area contributed by atoms with Crippen molar-refractivity contribution < 1.29 is 0 Å². The third kappa shape index (κ3) is 2.13. The van der Waals surface area contributed by atoms with Gasteiger partial charge in [-0.05, 0) is 30.7 Å². The first kappa shape index (κ1) is 13.4. The second kappa shape index (κ2) is 4.91. The van der Waals surface area contributed by atoms with Gasteiger partial charge in [0.25, 0.3) is 0 Å². The molecule has 0 radical (unpaired) electrons. The molecule has 4 rings (SSSR count). The molecule has 114 valence electrons. The van der Waals surface area contributed by atoms with Crippen molar-refractivity contribution in [1.29, 1.82) is 0 Å². The molecule has 4 heterocycles. The van der Waals surface area contributed by atoms with Gasteiger partial charge < -0.3 is 10.3 Å². The number of fused-ring (bicyclic) bond motifs is 1. The Labute approximate surface area is 132 Å². The second-order valence-electron chi connectivity index (χ2n) is 5.36. The number of imidazole rings is 1. The minimum Gasteiger partial charge on any atom is -0.366 e. The summed E-state index contributed by atoms with van der Waals surface area (Å²) in [6.07, 6.45) is 5.40. The Morgan fingerprint density at radius 2 is 1.96 bits per heavy atom. The maximum absolute atomic E-state index is 5.79. The quantitative estimate of drug-likeness (QED) is 0.612. The first-order chi connectivity index (χ1) is 11.1. The van der Waals surface area contributed by atoms with E-state index in [-0.39, 0.29) is 5.95 Å². The van der Waals surface area contributed by atoms with Crippen LogP contribution in [0.5, 0.6) is 0 Å². The monoisotopic (exact) mass is 305 g/mol. The van der Waals surface area contributed by atoms with Crippen LogP contribution in [0, 0.1) is 6.92 Å². The highest BCUT2D eigenvalue weighted by molar-refractivity contribution is 5.74. The average molecular weight is 305 g/mol. The fourth-order valence-corrected chi connectivity index (χ4v) is 2.62. The Hall–Kier alpha value is -3.22. The van der Waals surface area contributed by atoms with Gasteiger partial charge in [-0.15, -0.1) is 5.10 Å². The summed E-state index contributed by atoms with van der Waals surface area (Å²) in [5, 5.41) is 4.30. The smallest absolute Gasteiger partial charge is 0.240 e. The highest BCUT2D eigenvalue weighted by Gasteiger charge is 2.14. The molecule has 0 aliphatic carbocycles. The molecular weight excluding hydrogens is 290 g/mol. The third-order valence-corrected chi connectivity index (χ3v) is 3.93. The van der Waals surface area contributed by atoms with Gasteiger partial charge in [0.1, 0.15) is 5.82 Å². The Morgan fingerprint density at radius 1 is 1.09 bits per heavy atom. The van der Waals surface area contributed by atoms with Crippen LogP contribution in [0.1, 0.15) is 5.82 Å². The molecule has 0 saturated heterocycles. The first-order valence-electron chi connectivity index (χ1n) is 7.19. The number of rotatable bonds is 2. The van der Waals surface area contributed by atoms with Crippen LogP contribution in [0.25, 0.3) is 28.2 Å². The van der Waals surface area contributed by atoms with Crippen molar-refractivity contribution in [2.45, 2.75) is 6.92 Å². The summed E-state index contributed by atoms with van der Waals surface area (Å²) < 4.78 is 3.76. The summed E-state index contributed by atoms with van der Waals surface area (Å²) in [6.45, 7) is 1.96. The van der Waals surface area contributed by atoms with Crippen LogP contribution in [-0.2, 0) is 7.05 Å². The molecule has 2 N–H and O–H groups in total. The second-order valence-corrected chi connectivity index (χ2v) is 5.36. The van der Waals surface area contributed by atoms with E-state index >= 15 is 0 Å². The van der Waals surface area contributed by atoms with Crippen molar-refractivity contribution in [2.75, 3.05) is 5.73 Å². The van der Waals surface area contributed by atoms with Crippen molar-refractivity contribution in [3.8, 4) is 22.5 Å². The lowest BCUT2D eigenvalue weighted by Crippen LogP contribution is -2.01. The van der Waals surface area contributed by atoms with Crippen LogP contribution in [0.2, 0.25) is 0 Å². The number of hydrogen-bond donors (Lipinski definition) is 1. The average Bonchev–Trinajstić information content (AvgIpc) is 3.10. The summed E-state index contributed by atoms with van der Waals surface area (Å²) in [5.41, 5.74) is 10.3. The molecular formula is C16H15N7. The molecule has 0 amide bonds.